The maximum absolute atomic E-state index is 10.3. The topological polar surface area (TPSA) is 86.0 Å². The van der Waals surface area contributed by atoms with Gasteiger partial charge in [0.1, 0.15) is 0 Å². The van der Waals surface area contributed by atoms with Crippen molar-refractivity contribution in [2.45, 2.75) is 97.1 Å². The molecule has 3 fully saturated rings. The van der Waals surface area contributed by atoms with Gasteiger partial charge in [-0.05, 0) is 119 Å². The average Bonchev–Trinajstić information content (AvgIpc) is 3.24. The number of rotatable bonds is 15. The minimum atomic E-state index is -0.108. The fourth-order valence-corrected chi connectivity index (χ4v) is 8.88. The van der Waals surface area contributed by atoms with Crippen LogP contribution in [0.25, 0.3) is 0 Å². The van der Waals surface area contributed by atoms with E-state index in [-0.39, 0.29) is 6.10 Å². The molecule has 4 rings (SSSR count). The number of fused-ring (bicyclic) bond motifs is 5. The van der Waals surface area contributed by atoms with Crippen LogP contribution in [0.1, 0.15) is 85.0 Å². The summed E-state index contributed by atoms with van der Waals surface area (Å²) in [5.74, 6) is 3.29. The molecule has 6 nitrogen and oxygen atoms in total. The molecule has 0 aromatic carbocycles. The summed E-state index contributed by atoms with van der Waals surface area (Å²) in [4.78, 5) is 0. The van der Waals surface area contributed by atoms with E-state index in [0.29, 0.717) is 56.5 Å². The van der Waals surface area contributed by atoms with Gasteiger partial charge in [-0.2, -0.15) is 0 Å². The van der Waals surface area contributed by atoms with Gasteiger partial charge in [0, 0.05) is 19.3 Å². The van der Waals surface area contributed by atoms with Crippen molar-refractivity contribution in [3.8, 4) is 0 Å². The summed E-state index contributed by atoms with van der Waals surface area (Å²) in [5.41, 5.74) is 7.84. The van der Waals surface area contributed by atoms with Gasteiger partial charge in [0.05, 0.1) is 32.5 Å². The van der Waals surface area contributed by atoms with Gasteiger partial charge < -0.3 is 30.4 Å². The summed E-state index contributed by atoms with van der Waals surface area (Å²) in [6.45, 7) is 13.3. The second-order valence-corrected chi connectivity index (χ2v) is 13.0. The number of aliphatic hydroxyl groups excluding tert-OH is 1. The number of ether oxygens (including phenoxy) is 3. The smallest absolute Gasteiger partial charge is 0.0701 e. The summed E-state index contributed by atoms with van der Waals surface area (Å²) in [7, 11) is 0. The maximum Gasteiger partial charge on any atom is 0.0701 e. The summed E-state index contributed by atoms with van der Waals surface area (Å²) >= 11 is 0. The summed E-state index contributed by atoms with van der Waals surface area (Å²) in [6.07, 6.45) is 14.3. The van der Waals surface area contributed by atoms with Crippen molar-refractivity contribution in [1.82, 2.24) is 5.32 Å². The molecule has 0 radical (unpaired) electrons. The highest BCUT2D eigenvalue weighted by Gasteiger charge is 2.59. The van der Waals surface area contributed by atoms with E-state index in [1.54, 1.807) is 5.57 Å². The van der Waals surface area contributed by atoms with Crippen LogP contribution >= 0.6 is 0 Å². The summed E-state index contributed by atoms with van der Waals surface area (Å²) in [5, 5.41) is 14.1. The molecule has 4 N–H and O–H groups in total. The number of hydrogen-bond donors (Lipinski definition) is 3. The Morgan fingerprint density at radius 3 is 2.38 bits per heavy atom. The van der Waals surface area contributed by atoms with Crippen molar-refractivity contribution in [3.05, 3.63) is 11.6 Å². The minimum absolute atomic E-state index is 0.108. The third-order valence-corrected chi connectivity index (χ3v) is 10.9. The SMILES string of the molecule is CC(NCCCOCCOCCOCCCN)[C@H]1CC[C@H]2[C@@H]3CC=C4C[C@@H](O)CC[C@]4(C)[C@H]3CC[C@]12C. The van der Waals surface area contributed by atoms with Crippen molar-refractivity contribution in [3.63, 3.8) is 0 Å². The largest absolute Gasteiger partial charge is 0.393 e. The molecule has 8 atom stereocenters. The van der Waals surface area contributed by atoms with E-state index in [1.165, 1.54) is 38.5 Å². The van der Waals surface area contributed by atoms with Crippen LogP contribution in [0.3, 0.4) is 0 Å². The molecule has 0 saturated heterocycles. The van der Waals surface area contributed by atoms with E-state index in [2.05, 4.69) is 32.2 Å². The van der Waals surface area contributed by atoms with Gasteiger partial charge in [0.2, 0.25) is 0 Å². The van der Waals surface area contributed by atoms with Crippen LogP contribution in [-0.4, -0.2) is 70.0 Å². The van der Waals surface area contributed by atoms with Gasteiger partial charge in [0.25, 0.3) is 0 Å². The molecule has 0 amide bonds. The number of hydrogen-bond acceptors (Lipinski definition) is 6. The van der Waals surface area contributed by atoms with E-state index in [0.717, 1.165) is 62.5 Å². The fourth-order valence-electron chi connectivity index (χ4n) is 8.88. The molecule has 1 unspecified atom stereocenters. The van der Waals surface area contributed by atoms with Crippen LogP contribution in [0.4, 0.5) is 0 Å². The molecule has 214 valence electrons. The Kier molecular flexibility index (Phi) is 10.9. The Morgan fingerprint density at radius 2 is 1.65 bits per heavy atom. The lowest BCUT2D eigenvalue weighted by molar-refractivity contribution is -0.0536. The highest BCUT2D eigenvalue weighted by Crippen LogP contribution is 2.66. The van der Waals surface area contributed by atoms with Crippen LogP contribution in [0.15, 0.2) is 11.6 Å². The molecule has 0 heterocycles. The monoisotopic (exact) mass is 520 g/mol. The lowest BCUT2D eigenvalue weighted by atomic mass is 9.47. The molecule has 0 bridgehead atoms. The summed E-state index contributed by atoms with van der Waals surface area (Å²) < 4.78 is 16.7. The Bertz CT molecular complexity index is 732. The first-order chi connectivity index (χ1) is 17.9. The lowest BCUT2D eigenvalue weighted by Crippen LogP contribution is -2.52. The molecule has 3 saturated carbocycles. The quantitative estimate of drug-likeness (QED) is 0.214. The molecule has 37 heavy (non-hydrogen) atoms. The zero-order valence-electron chi connectivity index (χ0n) is 24.0. The van der Waals surface area contributed by atoms with E-state index in [4.69, 9.17) is 19.9 Å². The van der Waals surface area contributed by atoms with E-state index in [9.17, 15) is 5.11 Å². The van der Waals surface area contributed by atoms with Crippen LogP contribution in [0.5, 0.6) is 0 Å². The van der Waals surface area contributed by atoms with Gasteiger partial charge in [0.15, 0.2) is 0 Å². The Hall–Kier alpha value is -0.500. The Morgan fingerprint density at radius 1 is 0.946 bits per heavy atom. The second-order valence-electron chi connectivity index (χ2n) is 13.0. The van der Waals surface area contributed by atoms with Crippen LogP contribution < -0.4 is 11.1 Å². The fraction of sp³-hybridized carbons (Fsp3) is 0.935. The lowest BCUT2D eigenvalue weighted by Gasteiger charge is -2.58. The first-order valence-electron chi connectivity index (χ1n) is 15.4. The third-order valence-electron chi connectivity index (χ3n) is 10.9. The van der Waals surface area contributed by atoms with Crippen molar-refractivity contribution in [1.29, 1.82) is 0 Å². The molecule has 0 spiro atoms. The van der Waals surface area contributed by atoms with Crippen LogP contribution in [0.2, 0.25) is 0 Å². The normalized spacial score (nSPS) is 38.0. The minimum Gasteiger partial charge on any atom is -0.393 e. The standard InChI is InChI=1S/C31H56N2O4/c1-23(33-15-5-17-36-19-21-37-20-18-35-16-4-14-32)27-8-9-28-26-7-6-24-22-25(34)10-12-30(24,2)29(26)11-13-31(27,28)3/h6,23,25-29,33-34H,4-5,7-22,32H2,1-3H3/t23?,25-,26-,27+,28-,29-,30-,31+/m0/s1. The Labute approximate surface area is 226 Å². The number of nitrogens with one attached hydrogen (secondary N) is 1. The highest BCUT2D eigenvalue weighted by atomic mass is 16.5. The zero-order chi connectivity index (χ0) is 26.3. The molecular weight excluding hydrogens is 464 g/mol. The third kappa shape index (κ3) is 6.81. The van der Waals surface area contributed by atoms with Crippen molar-refractivity contribution < 1.29 is 19.3 Å². The molecular formula is C31H56N2O4. The molecule has 0 aliphatic heterocycles. The predicted octanol–water partition coefficient (Wildman–Crippen LogP) is 4.69. The van der Waals surface area contributed by atoms with Crippen LogP contribution in [-0.2, 0) is 14.2 Å². The van der Waals surface area contributed by atoms with E-state index >= 15 is 0 Å². The maximum atomic E-state index is 10.3. The van der Waals surface area contributed by atoms with Gasteiger partial charge >= 0.3 is 0 Å². The van der Waals surface area contributed by atoms with Gasteiger partial charge in [-0.15, -0.1) is 0 Å². The van der Waals surface area contributed by atoms with Gasteiger partial charge in [-0.3, -0.25) is 0 Å². The first kappa shape index (κ1) is 29.5. The highest BCUT2D eigenvalue weighted by molar-refractivity contribution is 5.25. The van der Waals surface area contributed by atoms with E-state index < -0.39 is 0 Å². The van der Waals surface area contributed by atoms with Crippen molar-refractivity contribution in [2.24, 2.45) is 40.2 Å². The van der Waals surface area contributed by atoms with Gasteiger partial charge in [-0.1, -0.05) is 25.5 Å². The number of nitrogens with two attached hydrogens (primary N) is 1. The average molecular weight is 521 g/mol. The molecule has 6 heteroatoms. The molecule has 4 aliphatic rings. The second kappa shape index (κ2) is 13.7. The van der Waals surface area contributed by atoms with Crippen molar-refractivity contribution in [2.75, 3.05) is 52.7 Å². The molecule has 0 aromatic rings. The van der Waals surface area contributed by atoms with Gasteiger partial charge in [-0.25, -0.2) is 0 Å². The zero-order valence-corrected chi connectivity index (χ0v) is 24.0. The molecule has 4 aliphatic carbocycles. The number of allylic oxidation sites excluding steroid dienone is 1. The van der Waals surface area contributed by atoms with Crippen LogP contribution in [0, 0.1) is 34.5 Å². The number of aliphatic hydroxyl groups is 1. The first-order valence-corrected chi connectivity index (χ1v) is 15.4. The molecule has 0 aromatic heterocycles. The van der Waals surface area contributed by atoms with Crippen molar-refractivity contribution >= 4 is 0 Å². The Balaban J connectivity index is 1.14. The summed E-state index contributed by atoms with van der Waals surface area (Å²) in [6, 6.07) is 0.560. The van der Waals surface area contributed by atoms with E-state index in [1.807, 2.05) is 0 Å². The predicted molar refractivity (Wildman–Crippen MR) is 149 cm³/mol.